The number of hydrogen-bond donors (Lipinski definition) is 2. The SMILES string of the molecule is CN(C)CC(=O)N1CCC[C@H]1C(=O)Nc1ccc(-c2cc3ccccc3[nH]2)cc1. The van der Waals surface area contributed by atoms with E-state index in [9.17, 15) is 9.59 Å². The molecule has 2 heterocycles. The standard InChI is InChI=1S/C23H26N4O2/c1-26(2)15-22(28)27-13-5-8-21(27)23(29)24-18-11-9-16(10-12-18)20-14-17-6-3-4-7-19(17)25-20/h3-4,6-7,9-12,14,21,25H,5,8,13,15H2,1-2H3,(H,24,29)/t21-/m0/s1. The predicted octanol–water partition coefficient (Wildman–Crippen LogP) is 3.33. The van der Waals surface area contributed by atoms with Crippen LogP contribution >= 0.6 is 0 Å². The Hall–Kier alpha value is -3.12. The first kappa shape index (κ1) is 19.2. The maximum atomic E-state index is 12.8. The molecule has 2 amide bonds. The van der Waals surface area contributed by atoms with E-state index in [2.05, 4.69) is 28.5 Å². The second kappa shape index (κ2) is 8.09. The van der Waals surface area contributed by atoms with Crippen LogP contribution in [0.1, 0.15) is 12.8 Å². The number of likely N-dealkylation sites (N-methyl/N-ethyl adjacent to an activating group) is 1. The summed E-state index contributed by atoms with van der Waals surface area (Å²) in [7, 11) is 3.72. The number of fused-ring (bicyclic) bond motifs is 1. The van der Waals surface area contributed by atoms with Crippen molar-refractivity contribution in [2.24, 2.45) is 0 Å². The van der Waals surface area contributed by atoms with E-state index in [4.69, 9.17) is 0 Å². The highest BCUT2D eigenvalue weighted by Crippen LogP contribution is 2.26. The zero-order valence-corrected chi connectivity index (χ0v) is 16.8. The summed E-state index contributed by atoms with van der Waals surface area (Å²) in [6, 6.07) is 17.7. The molecule has 1 saturated heterocycles. The smallest absolute Gasteiger partial charge is 0.247 e. The van der Waals surface area contributed by atoms with Gasteiger partial charge in [-0.3, -0.25) is 9.59 Å². The molecular weight excluding hydrogens is 364 g/mol. The van der Waals surface area contributed by atoms with Gasteiger partial charge in [0.25, 0.3) is 0 Å². The van der Waals surface area contributed by atoms with E-state index in [-0.39, 0.29) is 11.8 Å². The van der Waals surface area contributed by atoms with Gasteiger partial charge in [-0.05, 0) is 56.8 Å². The van der Waals surface area contributed by atoms with Crippen molar-refractivity contribution in [3.63, 3.8) is 0 Å². The number of aromatic amines is 1. The first-order valence-electron chi connectivity index (χ1n) is 9.94. The van der Waals surface area contributed by atoms with Crippen LogP contribution in [0.2, 0.25) is 0 Å². The number of anilines is 1. The topological polar surface area (TPSA) is 68.4 Å². The van der Waals surface area contributed by atoms with Gasteiger partial charge in [0.1, 0.15) is 6.04 Å². The number of aromatic nitrogens is 1. The minimum absolute atomic E-state index is 0.00168. The molecule has 1 fully saturated rings. The van der Waals surface area contributed by atoms with Crippen molar-refractivity contribution in [3.05, 3.63) is 54.6 Å². The van der Waals surface area contributed by atoms with Crippen molar-refractivity contribution in [1.82, 2.24) is 14.8 Å². The molecule has 1 aromatic heterocycles. The first-order valence-corrected chi connectivity index (χ1v) is 9.94. The van der Waals surface area contributed by atoms with E-state index in [1.807, 2.05) is 55.4 Å². The maximum absolute atomic E-state index is 12.8. The van der Waals surface area contributed by atoms with E-state index < -0.39 is 6.04 Å². The monoisotopic (exact) mass is 390 g/mol. The van der Waals surface area contributed by atoms with Crippen LogP contribution in [0.5, 0.6) is 0 Å². The number of rotatable bonds is 5. The molecule has 6 nitrogen and oxygen atoms in total. The third-order valence-electron chi connectivity index (χ3n) is 5.32. The molecule has 0 unspecified atom stereocenters. The van der Waals surface area contributed by atoms with E-state index in [1.54, 1.807) is 4.90 Å². The molecule has 4 rings (SSSR count). The van der Waals surface area contributed by atoms with Gasteiger partial charge in [-0.25, -0.2) is 0 Å². The largest absolute Gasteiger partial charge is 0.355 e. The summed E-state index contributed by atoms with van der Waals surface area (Å²) in [5.41, 5.74) is 3.94. The minimum atomic E-state index is -0.393. The summed E-state index contributed by atoms with van der Waals surface area (Å²) in [5, 5.41) is 4.14. The Balaban J connectivity index is 1.44. The quantitative estimate of drug-likeness (QED) is 0.702. The average molecular weight is 390 g/mol. The molecule has 29 heavy (non-hydrogen) atoms. The van der Waals surface area contributed by atoms with Crippen LogP contribution in [-0.2, 0) is 9.59 Å². The zero-order chi connectivity index (χ0) is 20.4. The van der Waals surface area contributed by atoms with Crippen LogP contribution in [0.3, 0.4) is 0 Å². The molecule has 0 bridgehead atoms. The Morgan fingerprint density at radius 2 is 1.90 bits per heavy atom. The molecule has 0 radical (unpaired) electrons. The fourth-order valence-electron chi connectivity index (χ4n) is 3.89. The molecule has 1 atom stereocenters. The lowest BCUT2D eigenvalue weighted by Gasteiger charge is -2.25. The first-order chi connectivity index (χ1) is 14.0. The molecule has 150 valence electrons. The van der Waals surface area contributed by atoms with Crippen molar-refractivity contribution in [2.75, 3.05) is 32.5 Å². The average Bonchev–Trinajstić information content (AvgIpc) is 3.35. The lowest BCUT2D eigenvalue weighted by Crippen LogP contribution is -2.46. The lowest BCUT2D eigenvalue weighted by atomic mass is 10.1. The number of benzene rings is 2. The van der Waals surface area contributed by atoms with Crippen LogP contribution in [0.25, 0.3) is 22.2 Å². The van der Waals surface area contributed by atoms with Gasteiger partial charge >= 0.3 is 0 Å². The van der Waals surface area contributed by atoms with Crippen molar-refractivity contribution in [1.29, 1.82) is 0 Å². The Labute approximate surface area is 170 Å². The maximum Gasteiger partial charge on any atom is 0.247 e. The molecule has 6 heteroatoms. The van der Waals surface area contributed by atoms with E-state index in [0.717, 1.165) is 28.9 Å². The Morgan fingerprint density at radius 1 is 1.14 bits per heavy atom. The van der Waals surface area contributed by atoms with Gasteiger partial charge < -0.3 is 20.1 Å². The molecule has 0 spiro atoms. The lowest BCUT2D eigenvalue weighted by molar-refractivity contribution is -0.137. The number of nitrogens with one attached hydrogen (secondary N) is 2. The number of H-pyrrole nitrogens is 1. The summed E-state index contributed by atoms with van der Waals surface area (Å²) in [6.07, 6.45) is 1.56. The highest BCUT2D eigenvalue weighted by Gasteiger charge is 2.34. The summed E-state index contributed by atoms with van der Waals surface area (Å²) in [4.78, 5) is 32.1. The van der Waals surface area contributed by atoms with Gasteiger partial charge in [-0.15, -0.1) is 0 Å². The summed E-state index contributed by atoms with van der Waals surface area (Å²) in [6.45, 7) is 0.965. The van der Waals surface area contributed by atoms with Crippen LogP contribution in [-0.4, -0.2) is 59.8 Å². The van der Waals surface area contributed by atoms with E-state index in [0.29, 0.717) is 19.5 Å². The van der Waals surface area contributed by atoms with E-state index >= 15 is 0 Å². The fourth-order valence-corrected chi connectivity index (χ4v) is 3.89. The van der Waals surface area contributed by atoms with E-state index in [1.165, 1.54) is 5.39 Å². The van der Waals surface area contributed by atoms with Gasteiger partial charge in [0, 0.05) is 28.8 Å². The third-order valence-corrected chi connectivity index (χ3v) is 5.32. The molecule has 0 aliphatic carbocycles. The molecule has 1 aliphatic heterocycles. The second-order valence-corrected chi connectivity index (χ2v) is 7.82. The summed E-state index contributed by atoms with van der Waals surface area (Å²) < 4.78 is 0. The number of likely N-dealkylation sites (tertiary alicyclic amines) is 1. The van der Waals surface area contributed by atoms with Gasteiger partial charge in [0.2, 0.25) is 11.8 Å². The molecule has 3 aromatic rings. The molecule has 2 N–H and O–H groups in total. The number of para-hydroxylation sites is 1. The minimum Gasteiger partial charge on any atom is -0.355 e. The summed E-state index contributed by atoms with van der Waals surface area (Å²) >= 11 is 0. The van der Waals surface area contributed by atoms with Crippen LogP contribution in [0.4, 0.5) is 5.69 Å². The van der Waals surface area contributed by atoms with Crippen molar-refractivity contribution < 1.29 is 9.59 Å². The Morgan fingerprint density at radius 3 is 2.62 bits per heavy atom. The Bertz CT molecular complexity index is 990. The fraction of sp³-hybridized carbons (Fsp3) is 0.304. The van der Waals surface area contributed by atoms with Gasteiger partial charge in [0.05, 0.1) is 6.54 Å². The highest BCUT2D eigenvalue weighted by atomic mass is 16.2. The van der Waals surface area contributed by atoms with Crippen LogP contribution in [0, 0.1) is 0 Å². The van der Waals surface area contributed by atoms with Gasteiger partial charge in [-0.2, -0.15) is 0 Å². The Kier molecular flexibility index (Phi) is 5.36. The van der Waals surface area contributed by atoms with Crippen LogP contribution in [0.15, 0.2) is 54.6 Å². The van der Waals surface area contributed by atoms with Crippen molar-refractivity contribution >= 4 is 28.4 Å². The van der Waals surface area contributed by atoms with Crippen molar-refractivity contribution in [3.8, 4) is 11.3 Å². The predicted molar refractivity (Wildman–Crippen MR) is 116 cm³/mol. The molecule has 1 aliphatic rings. The normalized spacial score (nSPS) is 16.5. The second-order valence-electron chi connectivity index (χ2n) is 7.82. The van der Waals surface area contributed by atoms with Gasteiger partial charge in [0.15, 0.2) is 0 Å². The number of nitrogens with zero attached hydrogens (tertiary/aromatic N) is 2. The number of carbonyl (C=O) groups excluding carboxylic acids is 2. The number of amides is 2. The number of hydrogen-bond acceptors (Lipinski definition) is 3. The van der Waals surface area contributed by atoms with Crippen LogP contribution < -0.4 is 5.32 Å². The molecule has 2 aromatic carbocycles. The van der Waals surface area contributed by atoms with Gasteiger partial charge in [-0.1, -0.05) is 30.3 Å². The van der Waals surface area contributed by atoms with Crippen molar-refractivity contribution in [2.45, 2.75) is 18.9 Å². The zero-order valence-electron chi connectivity index (χ0n) is 16.8. The highest BCUT2D eigenvalue weighted by molar-refractivity contribution is 5.98. The number of carbonyl (C=O) groups is 2. The molecule has 0 saturated carbocycles. The molecular formula is C23H26N4O2. The third kappa shape index (κ3) is 4.17. The summed E-state index contributed by atoms with van der Waals surface area (Å²) in [5.74, 6) is -0.116.